The van der Waals surface area contributed by atoms with Crippen LogP contribution >= 0.6 is 0 Å². The number of carbonyl (C=O) groups excluding carboxylic acids is 1. The first-order valence-corrected chi connectivity index (χ1v) is 9.60. The fourth-order valence-electron chi connectivity index (χ4n) is 1.49. The minimum atomic E-state index is -1.37. The second-order valence-corrected chi connectivity index (χ2v) is 10.5. The van der Waals surface area contributed by atoms with Crippen LogP contribution in [-0.4, -0.2) is 37.8 Å². The molecule has 0 aromatic carbocycles. The van der Waals surface area contributed by atoms with Gasteiger partial charge in [-0.15, -0.1) is 5.54 Å². The van der Waals surface area contributed by atoms with E-state index in [-0.39, 0.29) is 24.8 Å². The predicted octanol–water partition coefficient (Wildman–Crippen LogP) is 3.12. The van der Waals surface area contributed by atoms with Crippen LogP contribution in [0.5, 0.6) is 0 Å². The van der Waals surface area contributed by atoms with Crippen molar-refractivity contribution >= 4 is 14.2 Å². The van der Waals surface area contributed by atoms with Gasteiger partial charge in [0, 0.05) is 12.1 Å². The number of hydrogen-bond donors (Lipinski definition) is 0. The van der Waals surface area contributed by atoms with Crippen molar-refractivity contribution in [3.05, 3.63) is 0 Å². The maximum Gasteiger partial charge on any atom is 0.411 e. The second kappa shape index (κ2) is 6.70. The molecule has 0 aliphatic heterocycles. The second-order valence-electron chi connectivity index (χ2n) is 5.70. The monoisotopic (exact) mass is 255 g/mol. The molecular formula is C13H25NO2Si. The van der Waals surface area contributed by atoms with Crippen molar-refractivity contribution in [2.24, 2.45) is 0 Å². The minimum absolute atomic E-state index is 0.146. The molecule has 3 nitrogen and oxygen atoms in total. The van der Waals surface area contributed by atoms with E-state index in [4.69, 9.17) is 4.74 Å². The summed E-state index contributed by atoms with van der Waals surface area (Å²) in [5, 5.41) is 0. The Morgan fingerprint density at radius 1 is 1.18 bits per heavy atom. The van der Waals surface area contributed by atoms with Crippen LogP contribution < -0.4 is 0 Å². The fourth-order valence-corrected chi connectivity index (χ4v) is 2.09. The standard InChI is InChI=1S/C13H25NO2Si/c1-11(2)14(12(3)4)13(15)16-9-8-10-17(5,6)7/h11-12H,9H2,1-7H3. The zero-order valence-corrected chi connectivity index (χ0v) is 13.1. The van der Waals surface area contributed by atoms with Gasteiger partial charge in [0.05, 0.1) is 0 Å². The summed E-state index contributed by atoms with van der Waals surface area (Å²) in [6.45, 7) is 14.6. The van der Waals surface area contributed by atoms with Gasteiger partial charge < -0.3 is 9.64 Å². The van der Waals surface area contributed by atoms with Crippen molar-refractivity contribution in [1.29, 1.82) is 0 Å². The largest absolute Gasteiger partial charge is 0.436 e. The Hall–Kier alpha value is -0.953. The Morgan fingerprint density at radius 3 is 2.00 bits per heavy atom. The lowest BCUT2D eigenvalue weighted by molar-refractivity contribution is 0.0889. The van der Waals surface area contributed by atoms with Crippen LogP contribution in [0.4, 0.5) is 4.79 Å². The maximum atomic E-state index is 11.8. The fraction of sp³-hybridized carbons (Fsp3) is 0.769. The van der Waals surface area contributed by atoms with Gasteiger partial charge in [-0.3, -0.25) is 0 Å². The molecule has 0 fully saturated rings. The Labute approximate surface area is 107 Å². The van der Waals surface area contributed by atoms with E-state index in [9.17, 15) is 4.79 Å². The topological polar surface area (TPSA) is 29.5 Å². The molecule has 0 aliphatic rings. The predicted molar refractivity (Wildman–Crippen MR) is 74.6 cm³/mol. The molecule has 0 aromatic rings. The molecule has 0 saturated carbocycles. The summed E-state index contributed by atoms with van der Waals surface area (Å²) in [6.07, 6.45) is -0.278. The zero-order valence-electron chi connectivity index (χ0n) is 12.1. The highest BCUT2D eigenvalue weighted by Gasteiger charge is 2.20. The molecule has 0 aliphatic carbocycles. The number of carbonyl (C=O) groups is 1. The van der Waals surface area contributed by atoms with Crippen LogP contribution in [0.15, 0.2) is 0 Å². The number of nitrogens with zero attached hydrogens (tertiary/aromatic N) is 1. The molecule has 0 N–H and O–H groups in total. The van der Waals surface area contributed by atoms with Gasteiger partial charge in [0.1, 0.15) is 8.07 Å². The highest BCUT2D eigenvalue weighted by molar-refractivity contribution is 6.83. The van der Waals surface area contributed by atoms with Crippen molar-refractivity contribution < 1.29 is 9.53 Å². The van der Waals surface area contributed by atoms with E-state index in [0.29, 0.717) is 0 Å². The zero-order chi connectivity index (χ0) is 13.6. The van der Waals surface area contributed by atoms with E-state index < -0.39 is 8.07 Å². The van der Waals surface area contributed by atoms with Crippen LogP contribution in [0.2, 0.25) is 19.6 Å². The number of amides is 1. The maximum absolute atomic E-state index is 11.8. The molecule has 17 heavy (non-hydrogen) atoms. The van der Waals surface area contributed by atoms with Gasteiger partial charge in [0.15, 0.2) is 6.61 Å². The van der Waals surface area contributed by atoms with E-state index in [1.165, 1.54) is 0 Å². The lowest BCUT2D eigenvalue weighted by Crippen LogP contribution is -2.42. The average Bonchev–Trinajstić information content (AvgIpc) is 2.09. The number of rotatable bonds is 3. The molecule has 1 amide bonds. The summed E-state index contributed by atoms with van der Waals surface area (Å²) in [5.74, 6) is 2.93. The van der Waals surface area contributed by atoms with Crippen LogP contribution in [0.25, 0.3) is 0 Å². The molecule has 0 spiro atoms. The number of ether oxygens (including phenoxy) is 1. The van der Waals surface area contributed by atoms with Crippen molar-refractivity contribution in [2.45, 2.75) is 59.4 Å². The number of hydrogen-bond acceptors (Lipinski definition) is 2. The first kappa shape index (κ1) is 16.0. The van der Waals surface area contributed by atoms with E-state index in [2.05, 4.69) is 31.1 Å². The average molecular weight is 255 g/mol. The van der Waals surface area contributed by atoms with Crippen molar-refractivity contribution in [3.8, 4) is 11.5 Å². The van der Waals surface area contributed by atoms with Gasteiger partial charge in [-0.25, -0.2) is 4.79 Å². The third-order valence-electron chi connectivity index (χ3n) is 2.05. The molecule has 0 unspecified atom stereocenters. The highest BCUT2D eigenvalue weighted by atomic mass is 28.3. The lowest BCUT2D eigenvalue weighted by Gasteiger charge is -2.29. The van der Waals surface area contributed by atoms with E-state index in [1.54, 1.807) is 4.90 Å². The summed E-state index contributed by atoms with van der Waals surface area (Å²) < 4.78 is 5.16. The van der Waals surface area contributed by atoms with Gasteiger partial charge in [0.25, 0.3) is 0 Å². The van der Waals surface area contributed by atoms with Crippen molar-refractivity contribution in [1.82, 2.24) is 4.90 Å². The molecule has 0 rings (SSSR count). The SMILES string of the molecule is CC(C)N(C(=O)OCC#C[Si](C)(C)C)C(C)C. The summed E-state index contributed by atoms with van der Waals surface area (Å²) in [6, 6.07) is 0.292. The smallest absolute Gasteiger partial charge is 0.411 e. The van der Waals surface area contributed by atoms with Gasteiger partial charge in [0.2, 0.25) is 0 Å². The van der Waals surface area contributed by atoms with Crippen LogP contribution in [-0.2, 0) is 4.74 Å². The first-order valence-electron chi connectivity index (χ1n) is 6.10. The third kappa shape index (κ3) is 7.06. The highest BCUT2D eigenvalue weighted by Crippen LogP contribution is 2.07. The molecule has 0 radical (unpaired) electrons. The van der Waals surface area contributed by atoms with Gasteiger partial charge in [-0.1, -0.05) is 25.6 Å². The minimum Gasteiger partial charge on any atom is -0.436 e. The first-order chi connectivity index (χ1) is 7.65. The molecule has 0 saturated heterocycles. The van der Waals surface area contributed by atoms with Crippen molar-refractivity contribution in [2.75, 3.05) is 6.61 Å². The lowest BCUT2D eigenvalue weighted by atomic mass is 10.2. The van der Waals surface area contributed by atoms with Crippen LogP contribution in [0.3, 0.4) is 0 Å². The van der Waals surface area contributed by atoms with Crippen LogP contribution in [0.1, 0.15) is 27.7 Å². The molecule has 98 valence electrons. The molecule has 0 bridgehead atoms. The van der Waals surface area contributed by atoms with Crippen molar-refractivity contribution in [3.63, 3.8) is 0 Å². The van der Waals surface area contributed by atoms with E-state index in [0.717, 1.165) is 0 Å². The van der Waals surface area contributed by atoms with E-state index in [1.807, 2.05) is 27.7 Å². The molecule has 0 atom stereocenters. The summed E-state index contributed by atoms with van der Waals surface area (Å²) >= 11 is 0. The third-order valence-corrected chi connectivity index (χ3v) is 2.98. The summed E-state index contributed by atoms with van der Waals surface area (Å²) in [7, 11) is -1.37. The molecule has 0 heterocycles. The normalized spacial score (nSPS) is 11.1. The van der Waals surface area contributed by atoms with Gasteiger partial charge in [-0.05, 0) is 27.7 Å². The Morgan fingerprint density at radius 2 is 1.65 bits per heavy atom. The van der Waals surface area contributed by atoms with Crippen LogP contribution in [0, 0.1) is 11.5 Å². The van der Waals surface area contributed by atoms with Gasteiger partial charge >= 0.3 is 6.09 Å². The Bertz CT molecular complexity index is 300. The molecular weight excluding hydrogens is 230 g/mol. The Kier molecular flexibility index (Phi) is 6.33. The Balaban J connectivity index is 4.29. The quantitative estimate of drug-likeness (QED) is 0.573. The molecule has 0 aromatic heterocycles. The summed E-state index contributed by atoms with van der Waals surface area (Å²) in [4.78, 5) is 13.5. The van der Waals surface area contributed by atoms with Gasteiger partial charge in [-0.2, -0.15) is 0 Å². The molecule has 4 heteroatoms. The van der Waals surface area contributed by atoms with E-state index >= 15 is 0 Å². The summed E-state index contributed by atoms with van der Waals surface area (Å²) in [5.41, 5.74) is 3.17.